The predicted molar refractivity (Wildman–Crippen MR) is 69.2 cm³/mol. The van der Waals surface area contributed by atoms with Crippen molar-refractivity contribution in [3.8, 4) is 5.75 Å². The molecule has 0 aliphatic heterocycles. The number of benzene rings is 1. The van der Waals surface area contributed by atoms with Gasteiger partial charge in [-0.2, -0.15) is 0 Å². The fourth-order valence-corrected chi connectivity index (χ4v) is 1.76. The second-order valence-electron chi connectivity index (χ2n) is 4.39. The molecule has 0 radical (unpaired) electrons. The average Bonchev–Trinajstić information content (AvgIpc) is 2.28. The number of methoxy groups -OCH3 is 1. The molecule has 3 heteroatoms. The van der Waals surface area contributed by atoms with E-state index in [4.69, 9.17) is 4.74 Å². The third-order valence-corrected chi connectivity index (χ3v) is 2.66. The highest BCUT2D eigenvalue weighted by Gasteiger charge is 2.02. The van der Waals surface area contributed by atoms with Crippen LogP contribution in [0.5, 0.6) is 5.75 Å². The van der Waals surface area contributed by atoms with E-state index >= 15 is 0 Å². The first-order valence-corrected chi connectivity index (χ1v) is 5.92. The quantitative estimate of drug-likeness (QED) is 0.727. The van der Waals surface area contributed by atoms with Crippen molar-refractivity contribution in [2.45, 2.75) is 26.3 Å². The SMILES string of the molecule is COc1cccc(CN(C)CCCC(C)=O)c1. The van der Waals surface area contributed by atoms with E-state index in [0.717, 1.165) is 25.3 Å². The standard InChI is InChI=1S/C14H21NO2/c1-12(16)6-5-9-15(2)11-13-7-4-8-14(10-13)17-3/h4,7-8,10H,5-6,9,11H2,1-3H3. The molecule has 3 nitrogen and oxygen atoms in total. The smallest absolute Gasteiger partial charge is 0.129 e. The zero-order chi connectivity index (χ0) is 12.7. The number of hydrogen-bond donors (Lipinski definition) is 0. The van der Waals surface area contributed by atoms with Crippen LogP contribution >= 0.6 is 0 Å². The molecule has 0 aliphatic rings. The summed E-state index contributed by atoms with van der Waals surface area (Å²) in [5.74, 6) is 1.15. The highest BCUT2D eigenvalue weighted by Crippen LogP contribution is 2.13. The molecule has 0 heterocycles. The minimum absolute atomic E-state index is 0.264. The Labute approximate surface area is 103 Å². The number of carbonyl (C=O) groups is 1. The second kappa shape index (κ2) is 7.07. The van der Waals surface area contributed by atoms with Crippen molar-refractivity contribution in [2.24, 2.45) is 0 Å². The van der Waals surface area contributed by atoms with Gasteiger partial charge in [0.05, 0.1) is 7.11 Å². The minimum Gasteiger partial charge on any atom is -0.497 e. The molecule has 1 aromatic rings. The molecule has 0 unspecified atom stereocenters. The van der Waals surface area contributed by atoms with Crippen molar-refractivity contribution in [1.29, 1.82) is 0 Å². The lowest BCUT2D eigenvalue weighted by Crippen LogP contribution is -2.19. The molecule has 0 atom stereocenters. The van der Waals surface area contributed by atoms with Crippen molar-refractivity contribution in [1.82, 2.24) is 4.90 Å². The maximum absolute atomic E-state index is 10.8. The van der Waals surface area contributed by atoms with Crippen LogP contribution in [0.15, 0.2) is 24.3 Å². The number of nitrogens with zero attached hydrogens (tertiary/aromatic N) is 1. The van der Waals surface area contributed by atoms with E-state index < -0.39 is 0 Å². The predicted octanol–water partition coefficient (Wildman–Crippen LogP) is 2.50. The zero-order valence-corrected chi connectivity index (χ0v) is 10.9. The van der Waals surface area contributed by atoms with Gasteiger partial charge in [0, 0.05) is 13.0 Å². The van der Waals surface area contributed by atoms with Gasteiger partial charge in [0.15, 0.2) is 0 Å². The summed E-state index contributed by atoms with van der Waals surface area (Å²) in [6.45, 7) is 3.47. The molecule has 0 amide bonds. The highest BCUT2D eigenvalue weighted by molar-refractivity contribution is 5.75. The Bertz CT molecular complexity index is 363. The molecule has 1 aromatic carbocycles. The van der Waals surface area contributed by atoms with Crippen LogP contribution < -0.4 is 4.74 Å². The summed E-state index contributed by atoms with van der Waals surface area (Å²) in [6.07, 6.45) is 1.60. The fraction of sp³-hybridized carbons (Fsp3) is 0.500. The molecule has 17 heavy (non-hydrogen) atoms. The van der Waals surface area contributed by atoms with Crippen LogP contribution in [0.25, 0.3) is 0 Å². The van der Waals surface area contributed by atoms with Crippen LogP contribution in [0, 0.1) is 0 Å². The van der Waals surface area contributed by atoms with Gasteiger partial charge < -0.3 is 14.4 Å². The van der Waals surface area contributed by atoms with Gasteiger partial charge in [-0.05, 0) is 44.6 Å². The van der Waals surface area contributed by atoms with E-state index in [1.807, 2.05) is 18.2 Å². The first-order chi connectivity index (χ1) is 8.11. The molecule has 1 rings (SSSR count). The number of carbonyl (C=O) groups excluding carboxylic acids is 1. The van der Waals surface area contributed by atoms with Gasteiger partial charge >= 0.3 is 0 Å². The fourth-order valence-electron chi connectivity index (χ4n) is 1.76. The third kappa shape index (κ3) is 5.50. The largest absolute Gasteiger partial charge is 0.497 e. The lowest BCUT2D eigenvalue weighted by atomic mass is 10.2. The molecule has 0 spiro atoms. The molecule has 0 aliphatic carbocycles. The zero-order valence-electron chi connectivity index (χ0n) is 10.9. The molecule has 0 saturated carbocycles. The van der Waals surface area contributed by atoms with Crippen molar-refractivity contribution in [3.63, 3.8) is 0 Å². The van der Waals surface area contributed by atoms with Crippen LogP contribution in [0.1, 0.15) is 25.3 Å². The molecule has 0 aromatic heterocycles. The third-order valence-electron chi connectivity index (χ3n) is 2.66. The van der Waals surface area contributed by atoms with Crippen molar-refractivity contribution < 1.29 is 9.53 Å². The number of ketones is 1. The maximum atomic E-state index is 10.8. The second-order valence-corrected chi connectivity index (χ2v) is 4.39. The lowest BCUT2D eigenvalue weighted by molar-refractivity contribution is -0.117. The first kappa shape index (κ1) is 13.7. The van der Waals surface area contributed by atoms with Gasteiger partial charge in [-0.1, -0.05) is 12.1 Å². The Kier molecular flexibility index (Phi) is 5.70. The van der Waals surface area contributed by atoms with Gasteiger partial charge in [-0.3, -0.25) is 0 Å². The van der Waals surface area contributed by atoms with Gasteiger partial charge in [-0.25, -0.2) is 0 Å². The Morgan fingerprint density at radius 1 is 1.41 bits per heavy atom. The Morgan fingerprint density at radius 3 is 2.82 bits per heavy atom. The summed E-state index contributed by atoms with van der Waals surface area (Å²) in [5, 5.41) is 0. The number of rotatable bonds is 7. The van der Waals surface area contributed by atoms with E-state index in [2.05, 4.69) is 18.0 Å². The van der Waals surface area contributed by atoms with Crippen LogP contribution in [0.3, 0.4) is 0 Å². The number of hydrogen-bond acceptors (Lipinski definition) is 3. The topological polar surface area (TPSA) is 29.5 Å². The van der Waals surface area contributed by atoms with Gasteiger partial charge in [0.25, 0.3) is 0 Å². The molecule has 0 N–H and O–H groups in total. The normalized spacial score (nSPS) is 10.6. The number of Topliss-reactive ketones (excluding diaryl/α,β-unsaturated/α-hetero) is 1. The molecule has 94 valence electrons. The van der Waals surface area contributed by atoms with E-state index in [9.17, 15) is 4.79 Å². The highest BCUT2D eigenvalue weighted by atomic mass is 16.5. The molecule has 0 bridgehead atoms. The Hall–Kier alpha value is -1.35. The minimum atomic E-state index is 0.264. The molecule has 0 fully saturated rings. The van der Waals surface area contributed by atoms with Crippen LogP contribution in [0.4, 0.5) is 0 Å². The summed E-state index contributed by atoms with van der Waals surface area (Å²) < 4.78 is 5.19. The van der Waals surface area contributed by atoms with Gasteiger partial charge in [0.2, 0.25) is 0 Å². The summed E-state index contributed by atoms with van der Waals surface area (Å²) in [7, 11) is 3.75. The van der Waals surface area contributed by atoms with Crippen LogP contribution in [0.2, 0.25) is 0 Å². The van der Waals surface area contributed by atoms with Crippen LogP contribution in [-0.2, 0) is 11.3 Å². The Morgan fingerprint density at radius 2 is 2.18 bits per heavy atom. The van der Waals surface area contributed by atoms with Crippen molar-refractivity contribution in [2.75, 3.05) is 20.7 Å². The van der Waals surface area contributed by atoms with E-state index in [1.54, 1.807) is 14.0 Å². The van der Waals surface area contributed by atoms with Crippen molar-refractivity contribution >= 4 is 5.78 Å². The summed E-state index contributed by atoms with van der Waals surface area (Å²) >= 11 is 0. The Balaban J connectivity index is 2.38. The number of ether oxygens (including phenoxy) is 1. The molecule has 0 saturated heterocycles. The van der Waals surface area contributed by atoms with Gasteiger partial charge in [-0.15, -0.1) is 0 Å². The van der Waals surface area contributed by atoms with Gasteiger partial charge in [0.1, 0.15) is 11.5 Å². The molecular formula is C14H21NO2. The lowest BCUT2D eigenvalue weighted by Gasteiger charge is -2.16. The van der Waals surface area contributed by atoms with Crippen LogP contribution in [-0.4, -0.2) is 31.4 Å². The maximum Gasteiger partial charge on any atom is 0.129 e. The van der Waals surface area contributed by atoms with Crippen molar-refractivity contribution in [3.05, 3.63) is 29.8 Å². The summed E-state index contributed by atoms with van der Waals surface area (Å²) in [5.41, 5.74) is 1.23. The van der Waals surface area contributed by atoms with E-state index in [1.165, 1.54) is 5.56 Å². The average molecular weight is 235 g/mol. The summed E-state index contributed by atoms with van der Waals surface area (Å²) in [4.78, 5) is 13.1. The first-order valence-electron chi connectivity index (χ1n) is 5.92. The van der Waals surface area contributed by atoms with E-state index in [-0.39, 0.29) is 5.78 Å². The monoisotopic (exact) mass is 235 g/mol. The molecular weight excluding hydrogens is 214 g/mol. The summed E-state index contributed by atoms with van der Waals surface area (Å²) in [6, 6.07) is 8.07. The van der Waals surface area contributed by atoms with E-state index in [0.29, 0.717) is 6.42 Å².